The summed E-state index contributed by atoms with van der Waals surface area (Å²) in [5.74, 6) is 1.13. The van der Waals surface area contributed by atoms with Crippen molar-refractivity contribution in [1.82, 2.24) is 15.0 Å². The Labute approximate surface area is 126 Å². The van der Waals surface area contributed by atoms with Crippen molar-refractivity contribution in [3.8, 4) is 0 Å². The quantitative estimate of drug-likeness (QED) is 0.920. The normalized spacial score (nSPS) is 15.9. The summed E-state index contributed by atoms with van der Waals surface area (Å²) in [6.45, 7) is 4.90. The van der Waals surface area contributed by atoms with E-state index in [2.05, 4.69) is 20.4 Å². The molecule has 3 rings (SSSR count). The van der Waals surface area contributed by atoms with Crippen LogP contribution in [0.1, 0.15) is 12.2 Å². The van der Waals surface area contributed by atoms with Crippen LogP contribution in [0.4, 0.5) is 15.7 Å². The predicted octanol–water partition coefficient (Wildman–Crippen LogP) is 2.18. The lowest BCUT2D eigenvalue weighted by Crippen LogP contribution is -2.38. The Morgan fingerprint density at radius 2 is 2.29 bits per heavy atom. The molecule has 2 aromatic rings. The number of hydrogen-bond donors (Lipinski definition) is 1. The first kappa shape index (κ1) is 13.9. The van der Waals surface area contributed by atoms with Gasteiger partial charge >= 0.3 is 6.03 Å². The standard InChI is InChI=1S/C13H17N5O2S/c1-10-9-11(16-20-10)15-12(19)17-4-2-5-18(7-6-17)13-14-3-8-21-13/h3,8-9H,2,4-7H2,1H3,(H,15,16,19). The first-order valence-corrected chi connectivity index (χ1v) is 7.74. The molecule has 0 atom stereocenters. The molecule has 0 aliphatic carbocycles. The topological polar surface area (TPSA) is 74.5 Å². The van der Waals surface area contributed by atoms with Crippen molar-refractivity contribution < 1.29 is 9.32 Å². The highest BCUT2D eigenvalue weighted by Gasteiger charge is 2.20. The molecule has 2 amide bonds. The van der Waals surface area contributed by atoms with E-state index in [9.17, 15) is 4.79 Å². The van der Waals surface area contributed by atoms with Gasteiger partial charge in [0.05, 0.1) is 0 Å². The lowest BCUT2D eigenvalue weighted by molar-refractivity contribution is 0.215. The molecule has 0 radical (unpaired) electrons. The van der Waals surface area contributed by atoms with Gasteiger partial charge < -0.3 is 14.3 Å². The van der Waals surface area contributed by atoms with Crippen LogP contribution < -0.4 is 10.2 Å². The van der Waals surface area contributed by atoms with E-state index in [0.29, 0.717) is 18.1 Å². The van der Waals surface area contributed by atoms with Gasteiger partial charge in [-0.05, 0) is 13.3 Å². The number of hydrogen-bond acceptors (Lipinski definition) is 6. The highest BCUT2D eigenvalue weighted by Crippen LogP contribution is 2.19. The van der Waals surface area contributed by atoms with Crippen molar-refractivity contribution in [2.45, 2.75) is 13.3 Å². The number of rotatable bonds is 2. The zero-order valence-corrected chi connectivity index (χ0v) is 12.6. The van der Waals surface area contributed by atoms with Gasteiger partial charge in [-0.1, -0.05) is 5.16 Å². The maximum absolute atomic E-state index is 12.2. The van der Waals surface area contributed by atoms with Crippen LogP contribution in [0.2, 0.25) is 0 Å². The van der Waals surface area contributed by atoms with E-state index >= 15 is 0 Å². The molecule has 0 aromatic carbocycles. The Kier molecular flexibility index (Phi) is 4.05. The Hall–Kier alpha value is -2.09. The van der Waals surface area contributed by atoms with E-state index in [4.69, 9.17) is 4.52 Å². The highest BCUT2D eigenvalue weighted by molar-refractivity contribution is 7.13. The second kappa shape index (κ2) is 6.13. The molecule has 2 aromatic heterocycles. The van der Waals surface area contributed by atoms with Gasteiger partial charge in [-0.25, -0.2) is 9.78 Å². The summed E-state index contributed by atoms with van der Waals surface area (Å²) in [6, 6.07) is 1.57. The molecule has 0 bridgehead atoms. The fourth-order valence-electron chi connectivity index (χ4n) is 2.30. The SMILES string of the molecule is Cc1cc(NC(=O)N2CCCN(c3nccs3)CC2)no1. The third-order valence-corrected chi connectivity index (χ3v) is 4.17. The zero-order valence-electron chi connectivity index (χ0n) is 11.8. The van der Waals surface area contributed by atoms with Crippen molar-refractivity contribution in [3.63, 3.8) is 0 Å². The second-order valence-corrected chi connectivity index (χ2v) is 5.77. The third-order valence-electron chi connectivity index (χ3n) is 3.34. The Bertz CT molecular complexity index is 597. The summed E-state index contributed by atoms with van der Waals surface area (Å²) in [5.41, 5.74) is 0. The van der Waals surface area contributed by atoms with Crippen LogP contribution >= 0.6 is 11.3 Å². The van der Waals surface area contributed by atoms with E-state index in [1.165, 1.54) is 0 Å². The van der Waals surface area contributed by atoms with E-state index in [0.717, 1.165) is 31.2 Å². The van der Waals surface area contributed by atoms with Crippen LogP contribution in [0.15, 0.2) is 22.2 Å². The summed E-state index contributed by atoms with van der Waals surface area (Å²) in [7, 11) is 0. The van der Waals surface area contributed by atoms with E-state index in [1.807, 2.05) is 11.6 Å². The molecular weight excluding hydrogens is 290 g/mol. The van der Waals surface area contributed by atoms with Gasteiger partial charge in [0.1, 0.15) is 5.76 Å². The number of anilines is 2. The maximum Gasteiger partial charge on any atom is 0.323 e. The van der Waals surface area contributed by atoms with Gasteiger partial charge in [0.25, 0.3) is 0 Å². The van der Waals surface area contributed by atoms with Gasteiger partial charge in [0.2, 0.25) is 0 Å². The van der Waals surface area contributed by atoms with E-state index in [1.54, 1.807) is 29.2 Å². The highest BCUT2D eigenvalue weighted by atomic mass is 32.1. The van der Waals surface area contributed by atoms with Gasteiger partial charge in [-0.15, -0.1) is 11.3 Å². The van der Waals surface area contributed by atoms with E-state index in [-0.39, 0.29) is 6.03 Å². The number of thiazole rings is 1. The summed E-state index contributed by atoms with van der Waals surface area (Å²) in [4.78, 5) is 20.6. The van der Waals surface area contributed by atoms with Crippen molar-refractivity contribution in [1.29, 1.82) is 0 Å². The minimum Gasteiger partial charge on any atom is -0.360 e. The average Bonchev–Trinajstić information content (AvgIpc) is 3.06. The lowest BCUT2D eigenvalue weighted by atomic mass is 10.4. The monoisotopic (exact) mass is 307 g/mol. The van der Waals surface area contributed by atoms with Crippen LogP contribution in [-0.2, 0) is 0 Å². The second-order valence-electron chi connectivity index (χ2n) is 4.90. The fraction of sp³-hybridized carbons (Fsp3) is 0.462. The molecule has 8 heteroatoms. The molecule has 1 aliphatic rings. The number of urea groups is 1. The molecule has 0 spiro atoms. The van der Waals surface area contributed by atoms with Crippen molar-refractivity contribution in [2.24, 2.45) is 0 Å². The van der Waals surface area contributed by atoms with Crippen LogP contribution in [0.3, 0.4) is 0 Å². The summed E-state index contributed by atoms with van der Waals surface area (Å²) >= 11 is 1.63. The molecule has 7 nitrogen and oxygen atoms in total. The molecule has 0 unspecified atom stereocenters. The molecule has 1 fully saturated rings. The molecule has 112 valence electrons. The van der Waals surface area contributed by atoms with Crippen LogP contribution in [0.25, 0.3) is 0 Å². The molecule has 1 N–H and O–H groups in total. The van der Waals surface area contributed by atoms with Gasteiger partial charge in [-0.3, -0.25) is 5.32 Å². The Morgan fingerprint density at radius 1 is 1.38 bits per heavy atom. The number of carbonyl (C=O) groups excluding carboxylic acids is 1. The summed E-state index contributed by atoms with van der Waals surface area (Å²) < 4.78 is 4.95. The Morgan fingerprint density at radius 3 is 3.00 bits per heavy atom. The van der Waals surface area contributed by atoms with Crippen molar-refractivity contribution in [2.75, 3.05) is 36.4 Å². The molecule has 1 saturated heterocycles. The molecule has 3 heterocycles. The average molecular weight is 307 g/mol. The van der Waals surface area contributed by atoms with Gasteiger partial charge in [0.15, 0.2) is 10.9 Å². The number of carbonyl (C=O) groups is 1. The lowest BCUT2D eigenvalue weighted by Gasteiger charge is -2.21. The van der Waals surface area contributed by atoms with Crippen LogP contribution in [-0.4, -0.2) is 47.3 Å². The zero-order chi connectivity index (χ0) is 14.7. The first-order chi connectivity index (χ1) is 10.2. The number of amides is 2. The van der Waals surface area contributed by atoms with Crippen LogP contribution in [0.5, 0.6) is 0 Å². The molecule has 1 aliphatic heterocycles. The van der Waals surface area contributed by atoms with Crippen LogP contribution in [0, 0.1) is 6.92 Å². The largest absolute Gasteiger partial charge is 0.360 e. The van der Waals surface area contributed by atoms with Crippen molar-refractivity contribution in [3.05, 3.63) is 23.4 Å². The Balaban J connectivity index is 1.58. The third kappa shape index (κ3) is 3.33. The van der Waals surface area contributed by atoms with Crippen molar-refractivity contribution >= 4 is 28.3 Å². The predicted molar refractivity (Wildman–Crippen MR) is 80.8 cm³/mol. The van der Waals surface area contributed by atoms with E-state index < -0.39 is 0 Å². The molecule has 21 heavy (non-hydrogen) atoms. The summed E-state index contributed by atoms with van der Waals surface area (Å²) in [6.07, 6.45) is 2.73. The number of nitrogens with one attached hydrogen (secondary N) is 1. The summed E-state index contributed by atoms with van der Waals surface area (Å²) in [5, 5.41) is 9.53. The smallest absolute Gasteiger partial charge is 0.323 e. The molecule has 0 saturated carbocycles. The minimum atomic E-state index is -0.135. The number of nitrogens with zero attached hydrogens (tertiary/aromatic N) is 4. The first-order valence-electron chi connectivity index (χ1n) is 6.86. The number of aromatic nitrogens is 2. The van der Waals surface area contributed by atoms with Gasteiger partial charge in [0, 0.05) is 43.8 Å². The number of aryl methyl sites for hydroxylation is 1. The van der Waals surface area contributed by atoms with Gasteiger partial charge in [-0.2, -0.15) is 0 Å². The molecular formula is C13H17N5O2S. The fourth-order valence-corrected chi connectivity index (χ4v) is 2.99. The maximum atomic E-state index is 12.2. The minimum absolute atomic E-state index is 0.135.